The van der Waals surface area contributed by atoms with Gasteiger partial charge in [-0.3, -0.25) is 20.2 Å². The average Bonchev–Trinajstić information content (AvgIpc) is 2.94. The molecule has 0 saturated carbocycles. The average molecular weight is 341 g/mol. The number of hydrogen-bond donors (Lipinski definition) is 1. The van der Waals surface area contributed by atoms with Crippen LogP contribution in [-0.4, -0.2) is 29.9 Å². The summed E-state index contributed by atoms with van der Waals surface area (Å²) in [6, 6.07) is 4.33. The summed E-state index contributed by atoms with van der Waals surface area (Å²) in [5.41, 5.74) is 1.16. The van der Waals surface area contributed by atoms with E-state index in [1.54, 1.807) is 30.4 Å². The van der Waals surface area contributed by atoms with E-state index in [0.717, 1.165) is 0 Å². The van der Waals surface area contributed by atoms with Gasteiger partial charge in [0.05, 0.1) is 16.5 Å². The summed E-state index contributed by atoms with van der Waals surface area (Å²) in [5, 5.41) is 15.9. The third-order valence-electron chi connectivity index (χ3n) is 2.83. The monoisotopic (exact) mass is 340 g/mol. The van der Waals surface area contributed by atoms with Gasteiger partial charge in [-0.25, -0.2) is 4.98 Å². The maximum absolute atomic E-state index is 12.2. The molecule has 2 aromatic rings. The van der Waals surface area contributed by atoms with E-state index in [2.05, 4.69) is 10.3 Å². The Kier molecular flexibility index (Phi) is 4.94. The second kappa shape index (κ2) is 6.71. The lowest BCUT2D eigenvalue weighted by Gasteiger charge is -2.13. The SMILES string of the molecule is CN(C)c1ccc(C(=O)Nc2nc(CCl)cs2)cc1[N+](=O)[O-]. The summed E-state index contributed by atoms with van der Waals surface area (Å²) < 4.78 is 0. The number of anilines is 2. The molecule has 7 nitrogen and oxygen atoms in total. The molecule has 116 valence electrons. The van der Waals surface area contributed by atoms with E-state index in [-0.39, 0.29) is 17.1 Å². The largest absolute Gasteiger partial charge is 0.372 e. The molecule has 1 heterocycles. The van der Waals surface area contributed by atoms with Crippen molar-refractivity contribution in [2.75, 3.05) is 24.3 Å². The normalized spacial score (nSPS) is 10.3. The van der Waals surface area contributed by atoms with Gasteiger partial charge in [0.25, 0.3) is 11.6 Å². The third-order valence-corrected chi connectivity index (χ3v) is 3.91. The Balaban J connectivity index is 2.26. The van der Waals surface area contributed by atoms with E-state index >= 15 is 0 Å². The maximum atomic E-state index is 12.2. The fraction of sp³-hybridized carbons (Fsp3) is 0.231. The molecule has 2 rings (SSSR count). The second-order valence-corrected chi connectivity index (χ2v) is 5.71. The van der Waals surface area contributed by atoms with Crippen molar-refractivity contribution in [2.45, 2.75) is 5.88 Å². The highest BCUT2D eigenvalue weighted by molar-refractivity contribution is 7.14. The highest BCUT2D eigenvalue weighted by atomic mass is 35.5. The Labute approximate surface area is 135 Å². The van der Waals surface area contributed by atoms with Gasteiger partial charge in [0, 0.05) is 31.1 Å². The van der Waals surface area contributed by atoms with Crippen LogP contribution < -0.4 is 10.2 Å². The number of aromatic nitrogens is 1. The summed E-state index contributed by atoms with van der Waals surface area (Å²) in [5.74, 6) is -0.195. The van der Waals surface area contributed by atoms with Crippen LogP contribution in [0.15, 0.2) is 23.6 Å². The number of nitro groups is 1. The number of alkyl halides is 1. The highest BCUT2D eigenvalue weighted by Gasteiger charge is 2.19. The number of carbonyl (C=O) groups is 1. The lowest BCUT2D eigenvalue weighted by atomic mass is 10.1. The molecule has 0 radical (unpaired) electrons. The molecule has 1 amide bonds. The molecule has 0 fully saturated rings. The van der Waals surface area contributed by atoms with Crippen molar-refractivity contribution in [2.24, 2.45) is 0 Å². The van der Waals surface area contributed by atoms with Gasteiger partial charge < -0.3 is 4.90 Å². The molecule has 9 heteroatoms. The number of rotatable bonds is 5. The van der Waals surface area contributed by atoms with Crippen molar-refractivity contribution < 1.29 is 9.72 Å². The highest BCUT2D eigenvalue weighted by Crippen LogP contribution is 2.28. The lowest BCUT2D eigenvalue weighted by molar-refractivity contribution is -0.384. The number of nitro benzene ring substituents is 1. The van der Waals surface area contributed by atoms with Crippen molar-refractivity contribution in [3.63, 3.8) is 0 Å². The van der Waals surface area contributed by atoms with Crippen molar-refractivity contribution in [3.8, 4) is 0 Å². The first kappa shape index (κ1) is 16.2. The van der Waals surface area contributed by atoms with E-state index in [1.807, 2.05) is 0 Å². The quantitative estimate of drug-likeness (QED) is 0.513. The minimum Gasteiger partial charge on any atom is -0.372 e. The first-order valence-electron chi connectivity index (χ1n) is 6.20. The maximum Gasteiger partial charge on any atom is 0.293 e. The van der Waals surface area contributed by atoms with Crippen LogP contribution in [-0.2, 0) is 5.88 Å². The zero-order valence-electron chi connectivity index (χ0n) is 11.9. The van der Waals surface area contributed by atoms with Crippen LogP contribution in [0.5, 0.6) is 0 Å². The summed E-state index contributed by atoms with van der Waals surface area (Å²) >= 11 is 6.89. The van der Waals surface area contributed by atoms with Gasteiger partial charge in [0.2, 0.25) is 0 Å². The van der Waals surface area contributed by atoms with Gasteiger partial charge in [0.15, 0.2) is 5.13 Å². The summed E-state index contributed by atoms with van der Waals surface area (Å²) in [6.07, 6.45) is 0. The van der Waals surface area contributed by atoms with Gasteiger partial charge in [-0.1, -0.05) is 0 Å². The Bertz CT molecular complexity index is 717. The topological polar surface area (TPSA) is 88.4 Å². The van der Waals surface area contributed by atoms with Gasteiger partial charge >= 0.3 is 0 Å². The number of thiazole rings is 1. The van der Waals surface area contributed by atoms with Crippen molar-refractivity contribution in [1.29, 1.82) is 0 Å². The molecule has 0 aliphatic carbocycles. The number of halogens is 1. The minimum absolute atomic E-state index is 0.127. The number of amides is 1. The van der Waals surface area contributed by atoms with Crippen molar-refractivity contribution >= 4 is 45.4 Å². The molecular weight excluding hydrogens is 328 g/mol. The van der Waals surface area contributed by atoms with Crippen LogP contribution in [0.3, 0.4) is 0 Å². The lowest BCUT2D eigenvalue weighted by Crippen LogP contribution is -2.15. The van der Waals surface area contributed by atoms with E-state index in [0.29, 0.717) is 16.5 Å². The first-order valence-corrected chi connectivity index (χ1v) is 7.61. The fourth-order valence-corrected chi connectivity index (χ4v) is 2.72. The van der Waals surface area contributed by atoms with Crippen molar-refractivity contribution in [1.82, 2.24) is 4.98 Å². The van der Waals surface area contributed by atoms with Crippen LogP contribution in [0.4, 0.5) is 16.5 Å². The van der Waals surface area contributed by atoms with Crippen LogP contribution in [0.1, 0.15) is 16.1 Å². The molecule has 0 unspecified atom stereocenters. The second-order valence-electron chi connectivity index (χ2n) is 4.59. The zero-order valence-corrected chi connectivity index (χ0v) is 13.4. The molecule has 1 aromatic heterocycles. The summed E-state index contributed by atoms with van der Waals surface area (Å²) in [6.45, 7) is 0. The standard InChI is InChI=1S/C13H13ClN4O3S/c1-17(2)10-4-3-8(5-11(10)18(20)21)12(19)16-13-15-9(6-14)7-22-13/h3-5,7H,6H2,1-2H3,(H,15,16,19). The third kappa shape index (κ3) is 3.52. The molecule has 0 saturated heterocycles. The van der Waals surface area contributed by atoms with Crippen LogP contribution in [0, 0.1) is 10.1 Å². The minimum atomic E-state index is -0.513. The molecule has 0 aliphatic rings. The molecule has 0 atom stereocenters. The number of hydrogen-bond acceptors (Lipinski definition) is 6. The molecule has 1 N–H and O–H groups in total. The van der Waals surface area contributed by atoms with E-state index < -0.39 is 10.8 Å². The van der Waals surface area contributed by atoms with Crippen molar-refractivity contribution in [3.05, 3.63) is 45.0 Å². The van der Waals surface area contributed by atoms with Gasteiger partial charge in [-0.15, -0.1) is 22.9 Å². The van der Waals surface area contributed by atoms with Gasteiger partial charge in [-0.2, -0.15) is 0 Å². The Morgan fingerprint density at radius 3 is 2.77 bits per heavy atom. The Morgan fingerprint density at radius 2 is 2.23 bits per heavy atom. The van der Waals surface area contributed by atoms with E-state index in [4.69, 9.17) is 11.6 Å². The molecule has 0 spiro atoms. The zero-order chi connectivity index (χ0) is 16.3. The summed E-state index contributed by atoms with van der Waals surface area (Å²) in [4.78, 5) is 28.5. The molecule has 1 aromatic carbocycles. The van der Waals surface area contributed by atoms with E-state index in [1.165, 1.54) is 23.5 Å². The predicted octanol–water partition coefficient (Wildman–Crippen LogP) is 3.11. The van der Waals surface area contributed by atoms with E-state index in [9.17, 15) is 14.9 Å². The number of carbonyl (C=O) groups excluding carboxylic acids is 1. The number of nitrogens with zero attached hydrogens (tertiary/aromatic N) is 3. The molecule has 0 aliphatic heterocycles. The van der Waals surface area contributed by atoms with Crippen LogP contribution in [0.2, 0.25) is 0 Å². The van der Waals surface area contributed by atoms with Crippen LogP contribution in [0.25, 0.3) is 0 Å². The fourth-order valence-electron chi connectivity index (χ4n) is 1.78. The van der Waals surface area contributed by atoms with Gasteiger partial charge in [-0.05, 0) is 12.1 Å². The first-order chi connectivity index (χ1) is 10.4. The van der Waals surface area contributed by atoms with Gasteiger partial charge in [0.1, 0.15) is 5.69 Å². The summed E-state index contributed by atoms with van der Waals surface area (Å²) in [7, 11) is 3.40. The Morgan fingerprint density at radius 1 is 1.50 bits per heavy atom. The smallest absolute Gasteiger partial charge is 0.293 e. The predicted molar refractivity (Wildman–Crippen MR) is 87.0 cm³/mol. The number of benzene rings is 1. The molecule has 22 heavy (non-hydrogen) atoms. The Hall–Kier alpha value is -2.19. The number of nitrogens with one attached hydrogen (secondary N) is 1. The molecular formula is C13H13ClN4O3S. The van der Waals surface area contributed by atoms with Crippen LogP contribution >= 0.6 is 22.9 Å². The molecule has 0 bridgehead atoms.